The zero-order valence-electron chi connectivity index (χ0n) is 33.9. The highest BCUT2D eigenvalue weighted by atomic mass is 16.3. The van der Waals surface area contributed by atoms with Crippen molar-refractivity contribution < 1.29 is 15.0 Å². The maximum Gasteiger partial charge on any atom is 0.220 e. The van der Waals surface area contributed by atoms with Gasteiger partial charge in [-0.3, -0.25) is 4.79 Å². The van der Waals surface area contributed by atoms with Crippen LogP contribution >= 0.6 is 0 Å². The smallest absolute Gasteiger partial charge is 0.220 e. The van der Waals surface area contributed by atoms with E-state index >= 15 is 0 Å². The molecule has 0 radical (unpaired) electrons. The predicted octanol–water partition coefficient (Wildman–Crippen LogP) is 14.0. The summed E-state index contributed by atoms with van der Waals surface area (Å²) in [4.78, 5) is 12.4. The lowest BCUT2D eigenvalue weighted by atomic mass is 10.0. The van der Waals surface area contributed by atoms with Gasteiger partial charge in [-0.25, -0.2) is 0 Å². The quantitative estimate of drug-likeness (QED) is 0.0438. The van der Waals surface area contributed by atoms with Crippen molar-refractivity contribution >= 4 is 5.91 Å². The molecular weight excluding hydrogens is 615 g/mol. The molecular formula is C46H89NO3. The Morgan fingerprint density at radius 1 is 0.480 bits per heavy atom. The molecule has 0 rings (SSSR count). The van der Waals surface area contributed by atoms with Crippen LogP contribution in [0.3, 0.4) is 0 Å². The van der Waals surface area contributed by atoms with E-state index in [0.29, 0.717) is 12.8 Å². The van der Waals surface area contributed by atoms with Gasteiger partial charge in [0.2, 0.25) is 5.91 Å². The van der Waals surface area contributed by atoms with Crippen molar-refractivity contribution in [1.82, 2.24) is 5.32 Å². The normalized spacial score (nSPS) is 13.1. The first-order chi connectivity index (χ1) is 24.7. The Morgan fingerprint density at radius 2 is 0.820 bits per heavy atom. The minimum Gasteiger partial charge on any atom is -0.394 e. The lowest BCUT2D eigenvalue weighted by Gasteiger charge is -2.22. The highest BCUT2D eigenvalue weighted by Crippen LogP contribution is 2.16. The zero-order valence-corrected chi connectivity index (χ0v) is 33.9. The maximum atomic E-state index is 12.4. The van der Waals surface area contributed by atoms with Crippen LogP contribution in [0.4, 0.5) is 0 Å². The molecule has 2 atom stereocenters. The van der Waals surface area contributed by atoms with Gasteiger partial charge in [0.15, 0.2) is 0 Å². The van der Waals surface area contributed by atoms with Crippen LogP contribution in [-0.4, -0.2) is 34.9 Å². The number of carbonyl (C=O) groups is 1. The van der Waals surface area contributed by atoms with Crippen molar-refractivity contribution in [2.45, 2.75) is 257 Å². The molecule has 50 heavy (non-hydrogen) atoms. The molecule has 0 aromatic rings. The molecule has 2 unspecified atom stereocenters. The summed E-state index contributed by atoms with van der Waals surface area (Å²) in [6.45, 7) is 4.34. The highest BCUT2D eigenvalue weighted by molar-refractivity contribution is 5.76. The lowest BCUT2D eigenvalue weighted by molar-refractivity contribution is -0.123. The number of carbonyl (C=O) groups excluding carboxylic acids is 1. The van der Waals surface area contributed by atoms with Gasteiger partial charge in [0.05, 0.1) is 18.8 Å². The van der Waals surface area contributed by atoms with E-state index in [4.69, 9.17) is 0 Å². The van der Waals surface area contributed by atoms with E-state index in [0.717, 1.165) is 32.1 Å². The number of amides is 1. The van der Waals surface area contributed by atoms with Crippen LogP contribution in [-0.2, 0) is 4.79 Å². The predicted molar refractivity (Wildman–Crippen MR) is 221 cm³/mol. The van der Waals surface area contributed by atoms with Gasteiger partial charge in [0, 0.05) is 6.42 Å². The number of allylic oxidation sites excluding steroid dienone is 4. The Labute approximate surface area is 313 Å². The summed E-state index contributed by atoms with van der Waals surface area (Å²) in [5.74, 6) is -0.0375. The minimum absolute atomic E-state index is 0.0375. The van der Waals surface area contributed by atoms with Crippen molar-refractivity contribution in [3.05, 3.63) is 24.3 Å². The molecule has 0 saturated heterocycles. The number of rotatable bonds is 41. The van der Waals surface area contributed by atoms with Crippen molar-refractivity contribution in [3.63, 3.8) is 0 Å². The number of hydrogen-bond donors (Lipinski definition) is 3. The summed E-state index contributed by atoms with van der Waals surface area (Å²) in [5, 5.41) is 23.2. The average Bonchev–Trinajstić information content (AvgIpc) is 3.12. The van der Waals surface area contributed by atoms with Crippen LogP contribution in [0.2, 0.25) is 0 Å². The molecule has 296 valence electrons. The molecule has 0 spiro atoms. The van der Waals surface area contributed by atoms with Gasteiger partial charge in [-0.15, -0.1) is 0 Å². The van der Waals surface area contributed by atoms with Crippen LogP contribution in [0.15, 0.2) is 24.3 Å². The second-order valence-electron chi connectivity index (χ2n) is 15.5. The second-order valence-corrected chi connectivity index (χ2v) is 15.5. The second kappa shape index (κ2) is 42.3. The Balaban J connectivity index is 3.50. The summed E-state index contributed by atoms with van der Waals surface area (Å²) in [6, 6.07) is -0.538. The fourth-order valence-electron chi connectivity index (χ4n) is 6.98. The minimum atomic E-state index is -0.661. The van der Waals surface area contributed by atoms with Gasteiger partial charge in [-0.1, -0.05) is 218 Å². The van der Waals surface area contributed by atoms with E-state index in [1.54, 1.807) is 0 Å². The first kappa shape index (κ1) is 48.9. The Morgan fingerprint density at radius 3 is 1.24 bits per heavy atom. The topological polar surface area (TPSA) is 69.6 Å². The summed E-state index contributed by atoms with van der Waals surface area (Å²) >= 11 is 0. The standard InChI is InChI=1S/C46H89NO3/c1-3-5-7-9-11-13-15-17-19-21-22-23-24-26-27-29-31-33-35-37-39-41-45(49)44(43-48)47-46(50)42-40-38-36-34-32-30-28-25-20-18-16-14-12-10-8-6-4-2/h12,14,18,20,44-45,48-49H,3-11,13,15-17,19,21-43H2,1-2H3,(H,47,50)/b14-12-,20-18-. The van der Waals surface area contributed by atoms with E-state index in [1.165, 1.54) is 186 Å². The monoisotopic (exact) mass is 704 g/mol. The summed E-state index contributed by atoms with van der Waals surface area (Å²) in [7, 11) is 0. The van der Waals surface area contributed by atoms with Gasteiger partial charge < -0.3 is 15.5 Å². The molecule has 0 fully saturated rings. The SMILES string of the molecule is CCCCC/C=C\C/C=C\CCCCCCCCCC(=O)NC(CO)C(O)CCCCCCCCCCCCCCCCCCCCCCC. The molecule has 0 bridgehead atoms. The van der Waals surface area contributed by atoms with Gasteiger partial charge in [0.1, 0.15) is 0 Å². The number of nitrogens with one attached hydrogen (secondary N) is 1. The van der Waals surface area contributed by atoms with Gasteiger partial charge in [-0.2, -0.15) is 0 Å². The lowest BCUT2D eigenvalue weighted by Crippen LogP contribution is -2.45. The van der Waals surface area contributed by atoms with Crippen LogP contribution < -0.4 is 5.32 Å². The Kier molecular flexibility index (Phi) is 41.3. The Bertz CT molecular complexity index is 720. The van der Waals surface area contributed by atoms with Crippen LogP contribution in [0.25, 0.3) is 0 Å². The molecule has 0 aliphatic carbocycles. The molecule has 1 amide bonds. The summed E-state index contributed by atoms with van der Waals surface area (Å²) in [5.41, 5.74) is 0. The van der Waals surface area contributed by atoms with Gasteiger partial charge in [-0.05, 0) is 44.9 Å². The molecule has 0 heterocycles. The van der Waals surface area contributed by atoms with Crippen molar-refractivity contribution in [3.8, 4) is 0 Å². The van der Waals surface area contributed by atoms with E-state index in [9.17, 15) is 15.0 Å². The fourth-order valence-corrected chi connectivity index (χ4v) is 6.98. The van der Waals surface area contributed by atoms with E-state index < -0.39 is 12.1 Å². The average molecular weight is 704 g/mol. The summed E-state index contributed by atoms with van der Waals surface area (Å²) < 4.78 is 0. The molecule has 4 heteroatoms. The number of hydrogen-bond acceptors (Lipinski definition) is 3. The van der Waals surface area contributed by atoms with Gasteiger partial charge in [0.25, 0.3) is 0 Å². The molecule has 3 N–H and O–H groups in total. The number of aliphatic hydroxyl groups is 2. The maximum absolute atomic E-state index is 12.4. The van der Waals surface area contributed by atoms with Crippen LogP contribution in [0.1, 0.15) is 245 Å². The highest BCUT2D eigenvalue weighted by Gasteiger charge is 2.20. The first-order valence-corrected chi connectivity index (χ1v) is 22.5. The fraction of sp³-hybridized carbons (Fsp3) is 0.891. The number of unbranched alkanes of at least 4 members (excludes halogenated alkanes) is 30. The molecule has 0 aromatic heterocycles. The summed E-state index contributed by atoms with van der Waals surface area (Å²) in [6.07, 6.45) is 54.0. The molecule has 0 aliphatic rings. The third-order valence-electron chi connectivity index (χ3n) is 10.5. The van der Waals surface area contributed by atoms with E-state index in [2.05, 4.69) is 43.5 Å². The van der Waals surface area contributed by atoms with Crippen LogP contribution in [0, 0.1) is 0 Å². The largest absolute Gasteiger partial charge is 0.394 e. The third-order valence-corrected chi connectivity index (χ3v) is 10.5. The van der Waals surface area contributed by atoms with Crippen LogP contribution in [0.5, 0.6) is 0 Å². The van der Waals surface area contributed by atoms with Crippen molar-refractivity contribution in [2.75, 3.05) is 6.61 Å². The van der Waals surface area contributed by atoms with Gasteiger partial charge >= 0.3 is 0 Å². The molecule has 4 nitrogen and oxygen atoms in total. The Hall–Kier alpha value is -1.13. The van der Waals surface area contributed by atoms with Crippen molar-refractivity contribution in [2.24, 2.45) is 0 Å². The van der Waals surface area contributed by atoms with E-state index in [-0.39, 0.29) is 12.5 Å². The molecule has 0 aliphatic heterocycles. The third kappa shape index (κ3) is 38.1. The zero-order chi connectivity index (χ0) is 36.4. The first-order valence-electron chi connectivity index (χ1n) is 22.5. The molecule has 0 aromatic carbocycles. The number of aliphatic hydroxyl groups excluding tert-OH is 2. The van der Waals surface area contributed by atoms with E-state index in [1.807, 2.05) is 0 Å². The van der Waals surface area contributed by atoms with Crippen molar-refractivity contribution in [1.29, 1.82) is 0 Å². The molecule has 0 saturated carbocycles.